The molecule has 0 aromatic heterocycles. The third-order valence-electron chi connectivity index (χ3n) is 4.54. The number of para-hydroxylation sites is 2. The second-order valence-corrected chi connectivity index (χ2v) is 6.31. The molecule has 1 N–H and O–H groups in total. The van der Waals surface area contributed by atoms with Gasteiger partial charge in [0.25, 0.3) is 5.91 Å². The first kappa shape index (κ1) is 19.8. The van der Waals surface area contributed by atoms with Crippen LogP contribution in [0.15, 0.2) is 36.9 Å². The maximum Gasteiger partial charge on any atom is 0.309 e. The molecule has 1 amide bonds. The summed E-state index contributed by atoms with van der Waals surface area (Å²) in [5, 5.41) is 2.87. The summed E-state index contributed by atoms with van der Waals surface area (Å²) in [5.41, 5.74) is 0. The van der Waals surface area contributed by atoms with Crippen LogP contribution in [0.25, 0.3) is 0 Å². The first-order chi connectivity index (χ1) is 12.7. The van der Waals surface area contributed by atoms with Crippen LogP contribution in [0.3, 0.4) is 0 Å². The van der Waals surface area contributed by atoms with Gasteiger partial charge in [-0.15, -0.1) is 0 Å². The van der Waals surface area contributed by atoms with Crippen molar-refractivity contribution in [3.8, 4) is 11.5 Å². The molecule has 2 unspecified atom stereocenters. The second-order valence-electron chi connectivity index (χ2n) is 6.31. The molecule has 1 aromatic rings. The highest BCUT2D eigenvalue weighted by Gasteiger charge is 2.31. The van der Waals surface area contributed by atoms with Crippen molar-refractivity contribution in [1.82, 2.24) is 5.32 Å². The molecular weight excluding hydrogens is 334 g/mol. The smallest absolute Gasteiger partial charge is 0.309 e. The lowest BCUT2D eigenvalue weighted by atomic mass is 9.79. The number of nitrogens with one attached hydrogen (secondary N) is 1. The van der Waals surface area contributed by atoms with Gasteiger partial charge in [0, 0.05) is 6.54 Å². The number of benzene rings is 1. The van der Waals surface area contributed by atoms with E-state index in [0.717, 1.165) is 25.7 Å². The first-order valence-corrected chi connectivity index (χ1v) is 8.95. The Balaban J connectivity index is 1.82. The van der Waals surface area contributed by atoms with E-state index in [9.17, 15) is 9.59 Å². The van der Waals surface area contributed by atoms with E-state index in [1.54, 1.807) is 18.2 Å². The van der Waals surface area contributed by atoms with Gasteiger partial charge < -0.3 is 19.5 Å². The molecule has 1 saturated carbocycles. The van der Waals surface area contributed by atoms with Gasteiger partial charge in [-0.2, -0.15) is 0 Å². The van der Waals surface area contributed by atoms with E-state index in [2.05, 4.69) is 11.9 Å². The molecule has 0 aliphatic heterocycles. The molecule has 0 heterocycles. The van der Waals surface area contributed by atoms with E-state index in [0.29, 0.717) is 24.7 Å². The van der Waals surface area contributed by atoms with Crippen molar-refractivity contribution in [1.29, 1.82) is 0 Å². The molecule has 2 rings (SSSR count). The van der Waals surface area contributed by atoms with Gasteiger partial charge in [-0.05, 0) is 30.9 Å². The van der Waals surface area contributed by atoms with Crippen LogP contribution >= 0.6 is 0 Å². The Kier molecular flexibility index (Phi) is 7.99. The normalized spacial score (nSPS) is 19.3. The standard InChI is InChI=1S/C20H27NO5/c1-3-12-25-17-10-6-7-11-18(17)26-14-19(22)21-13-15-8-4-5-9-16(15)20(23)24-2/h3,6-7,10-11,15-16H,1,4-5,8-9,12-14H2,2H3,(H,21,22). The number of hydrogen-bond acceptors (Lipinski definition) is 5. The lowest BCUT2D eigenvalue weighted by molar-refractivity contribution is -0.148. The quantitative estimate of drug-likeness (QED) is 0.541. The van der Waals surface area contributed by atoms with Crippen LogP contribution in [-0.4, -0.2) is 38.7 Å². The third kappa shape index (κ3) is 5.79. The van der Waals surface area contributed by atoms with Crippen molar-refractivity contribution in [3.63, 3.8) is 0 Å². The fraction of sp³-hybridized carbons (Fsp3) is 0.500. The Morgan fingerprint density at radius 2 is 1.88 bits per heavy atom. The maximum absolute atomic E-state index is 12.1. The minimum Gasteiger partial charge on any atom is -0.486 e. The summed E-state index contributed by atoms with van der Waals surface area (Å²) in [6.07, 6.45) is 5.47. The van der Waals surface area contributed by atoms with E-state index in [4.69, 9.17) is 14.2 Å². The summed E-state index contributed by atoms with van der Waals surface area (Å²) in [6, 6.07) is 7.18. The number of carbonyl (C=O) groups excluding carboxylic acids is 2. The molecule has 2 atom stereocenters. The molecule has 1 aliphatic rings. The van der Waals surface area contributed by atoms with Crippen molar-refractivity contribution < 1.29 is 23.8 Å². The Morgan fingerprint density at radius 3 is 2.58 bits per heavy atom. The van der Waals surface area contributed by atoms with Crippen LogP contribution in [-0.2, 0) is 14.3 Å². The molecule has 0 saturated heterocycles. The fourth-order valence-electron chi connectivity index (χ4n) is 3.19. The van der Waals surface area contributed by atoms with Crippen molar-refractivity contribution in [2.75, 3.05) is 26.9 Å². The first-order valence-electron chi connectivity index (χ1n) is 8.95. The molecule has 0 bridgehead atoms. The van der Waals surface area contributed by atoms with E-state index < -0.39 is 0 Å². The molecule has 1 aromatic carbocycles. The zero-order chi connectivity index (χ0) is 18.8. The SMILES string of the molecule is C=CCOc1ccccc1OCC(=O)NCC1CCCCC1C(=O)OC. The lowest BCUT2D eigenvalue weighted by Gasteiger charge is -2.29. The molecule has 0 spiro atoms. The predicted octanol–water partition coefficient (Wildman–Crippen LogP) is 2.73. The predicted molar refractivity (Wildman–Crippen MR) is 98.1 cm³/mol. The average molecular weight is 361 g/mol. The average Bonchev–Trinajstić information content (AvgIpc) is 2.69. The zero-order valence-electron chi connectivity index (χ0n) is 15.2. The number of rotatable bonds is 9. The highest BCUT2D eigenvalue weighted by atomic mass is 16.5. The minimum atomic E-state index is -0.224. The van der Waals surface area contributed by atoms with Crippen molar-refractivity contribution in [2.24, 2.45) is 11.8 Å². The van der Waals surface area contributed by atoms with Gasteiger partial charge in [-0.25, -0.2) is 0 Å². The van der Waals surface area contributed by atoms with Crippen LogP contribution in [0.2, 0.25) is 0 Å². The fourth-order valence-corrected chi connectivity index (χ4v) is 3.19. The Bertz CT molecular complexity index is 616. The third-order valence-corrected chi connectivity index (χ3v) is 4.54. The Labute approximate surface area is 154 Å². The van der Waals surface area contributed by atoms with Crippen LogP contribution in [0.5, 0.6) is 11.5 Å². The Hall–Kier alpha value is -2.50. The summed E-state index contributed by atoms with van der Waals surface area (Å²) >= 11 is 0. The largest absolute Gasteiger partial charge is 0.486 e. The molecule has 0 radical (unpaired) electrons. The summed E-state index contributed by atoms with van der Waals surface area (Å²) in [6.45, 7) is 4.32. The molecule has 142 valence electrons. The van der Waals surface area contributed by atoms with Gasteiger partial charge in [-0.3, -0.25) is 9.59 Å². The number of esters is 1. The van der Waals surface area contributed by atoms with Crippen molar-refractivity contribution in [3.05, 3.63) is 36.9 Å². The highest BCUT2D eigenvalue weighted by molar-refractivity contribution is 5.78. The molecule has 26 heavy (non-hydrogen) atoms. The van der Waals surface area contributed by atoms with Crippen LogP contribution < -0.4 is 14.8 Å². The van der Waals surface area contributed by atoms with Gasteiger partial charge in [0.15, 0.2) is 18.1 Å². The second kappa shape index (κ2) is 10.5. The van der Waals surface area contributed by atoms with Gasteiger partial charge >= 0.3 is 5.97 Å². The van der Waals surface area contributed by atoms with E-state index in [1.165, 1.54) is 7.11 Å². The van der Waals surface area contributed by atoms with Gasteiger partial charge in [0.2, 0.25) is 0 Å². The lowest BCUT2D eigenvalue weighted by Crippen LogP contribution is -2.39. The molecule has 1 fully saturated rings. The topological polar surface area (TPSA) is 73.9 Å². The minimum absolute atomic E-state index is 0.107. The van der Waals surface area contributed by atoms with E-state index in [-0.39, 0.29) is 30.3 Å². The molecule has 1 aliphatic carbocycles. The van der Waals surface area contributed by atoms with Crippen LogP contribution in [0.4, 0.5) is 0 Å². The van der Waals surface area contributed by atoms with Crippen molar-refractivity contribution in [2.45, 2.75) is 25.7 Å². The summed E-state index contributed by atoms with van der Waals surface area (Å²) in [7, 11) is 1.41. The van der Waals surface area contributed by atoms with Gasteiger partial charge in [-0.1, -0.05) is 37.6 Å². The molecule has 6 nitrogen and oxygen atoms in total. The van der Waals surface area contributed by atoms with Crippen molar-refractivity contribution >= 4 is 11.9 Å². The highest BCUT2D eigenvalue weighted by Crippen LogP contribution is 2.30. The summed E-state index contributed by atoms with van der Waals surface area (Å²) < 4.78 is 15.9. The molecule has 6 heteroatoms. The van der Waals surface area contributed by atoms with Crippen LogP contribution in [0.1, 0.15) is 25.7 Å². The van der Waals surface area contributed by atoms with E-state index >= 15 is 0 Å². The zero-order valence-corrected chi connectivity index (χ0v) is 15.2. The Morgan fingerprint density at radius 1 is 1.19 bits per heavy atom. The summed E-state index contributed by atoms with van der Waals surface area (Å²) in [5.74, 6) is 0.644. The van der Waals surface area contributed by atoms with Crippen LogP contribution in [0, 0.1) is 11.8 Å². The number of carbonyl (C=O) groups is 2. The number of amides is 1. The van der Waals surface area contributed by atoms with Gasteiger partial charge in [0.1, 0.15) is 6.61 Å². The maximum atomic E-state index is 12.1. The number of hydrogen-bond donors (Lipinski definition) is 1. The number of ether oxygens (including phenoxy) is 3. The summed E-state index contributed by atoms with van der Waals surface area (Å²) in [4.78, 5) is 24.0. The van der Waals surface area contributed by atoms with Gasteiger partial charge in [0.05, 0.1) is 13.0 Å². The molecular formula is C20H27NO5. The number of methoxy groups -OCH3 is 1. The van der Waals surface area contributed by atoms with E-state index in [1.807, 2.05) is 12.1 Å². The monoisotopic (exact) mass is 361 g/mol.